The Morgan fingerprint density at radius 3 is 2.52 bits per heavy atom. The molecule has 0 aromatic heterocycles. The molecular weight excluding hydrogens is 282 g/mol. The number of nitrogens with zero attached hydrogens (tertiary/aromatic N) is 1. The van der Waals surface area contributed by atoms with Gasteiger partial charge >= 0.3 is 0 Å². The molecule has 5 heteroatoms. The average Bonchev–Trinajstić information content (AvgIpc) is 2.45. The van der Waals surface area contributed by atoms with Crippen LogP contribution in [0.4, 0.5) is 5.69 Å². The van der Waals surface area contributed by atoms with E-state index in [9.17, 15) is 4.79 Å². The number of nitrogens with two attached hydrogens (primary N) is 1. The summed E-state index contributed by atoms with van der Waals surface area (Å²) in [6.45, 7) is 6.19. The van der Waals surface area contributed by atoms with Gasteiger partial charge in [0, 0.05) is 30.8 Å². The Balaban J connectivity index is 2.38. The standard InChI is InChI=1S/C16H25N3OS/c1-4-12(2)11-19(3)10-9-15(20)18-14-7-5-13(6-8-14)16(17)21/h5-8,12H,4,9-11H2,1-3H3,(H2,17,21)(H,18,20). The average molecular weight is 307 g/mol. The predicted octanol–water partition coefficient (Wildman–Crippen LogP) is 2.63. The maximum absolute atomic E-state index is 11.9. The molecule has 1 aromatic carbocycles. The fourth-order valence-electron chi connectivity index (χ4n) is 1.99. The topological polar surface area (TPSA) is 58.4 Å². The summed E-state index contributed by atoms with van der Waals surface area (Å²) in [5.74, 6) is 0.680. The lowest BCUT2D eigenvalue weighted by Gasteiger charge is -2.20. The Morgan fingerprint density at radius 2 is 2.00 bits per heavy atom. The Labute approximate surface area is 132 Å². The monoisotopic (exact) mass is 307 g/mol. The third kappa shape index (κ3) is 6.69. The normalized spacial score (nSPS) is 12.2. The van der Waals surface area contributed by atoms with Crippen molar-refractivity contribution in [3.8, 4) is 0 Å². The van der Waals surface area contributed by atoms with Crippen LogP contribution in [0.2, 0.25) is 0 Å². The van der Waals surface area contributed by atoms with Crippen LogP contribution in [0.25, 0.3) is 0 Å². The van der Waals surface area contributed by atoms with Crippen molar-refractivity contribution < 1.29 is 4.79 Å². The van der Waals surface area contributed by atoms with Gasteiger partial charge in [0.05, 0.1) is 0 Å². The summed E-state index contributed by atoms with van der Waals surface area (Å²) in [5, 5.41) is 2.88. The lowest BCUT2D eigenvalue weighted by atomic mass is 10.1. The molecule has 4 nitrogen and oxygen atoms in total. The fourth-order valence-corrected chi connectivity index (χ4v) is 2.12. The molecule has 21 heavy (non-hydrogen) atoms. The van der Waals surface area contributed by atoms with E-state index >= 15 is 0 Å². The number of amides is 1. The van der Waals surface area contributed by atoms with Crippen LogP contribution in [-0.2, 0) is 4.79 Å². The van der Waals surface area contributed by atoms with Crippen molar-refractivity contribution in [2.45, 2.75) is 26.7 Å². The summed E-state index contributed by atoms with van der Waals surface area (Å²) in [4.78, 5) is 14.5. The molecule has 116 valence electrons. The Morgan fingerprint density at radius 1 is 1.38 bits per heavy atom. The third-order valence-electron chi connectivity index (χ3n) is 3.49. The van der Waals surface area contributed by atoms with E-state index in [1.54, 1.807) is 0 Å². The zero-order chi connectivity index (χ0) is 15.8. The van der Waals surface area contributed by atoms with Crippen LogP contribution in [0.1, 0.15) is 32.3 Å². The molecule has 1 amide bonds. The largest absolute Gasteiger partial charge is 0.389 e. The van der Waals surface area contributed by atoms with Gasteiger partial charge in [0.1, 0.15) is 4.99 Å². The van der Waals surface area contributed by atoms with Gasteiger partial charge < -0.3 is 16.0 Å². The molecule has 1 atom stereocenters. The predicted molar refractivity (Wildman–Crippen MR) is 92.5 cm³/mol. The van der Waals surface area contributed by atoms with Crippen molar-refractivity contribution in [1.29, 1.82) is 0 Å². The Hall–Kier alpha value is -1.46. The molecule has 0 aliphatic rings. The van der Waals surface area contributed by atoms with E-state index in [2.05, 4.69) is 31.1 Å². The first-order valence-electron chi connectivity index (χ1n) is 7.30. The first-order chi connectivity index (χ1) is 9.92. The molecule has 0 saturated heterocycles. The molecular formula is C16H25N3OS. The molecule has 0 saturated carbocycles. The maximum atomic E-state index is 11.9. The van der Waals surface area contributed by atoms with E-state index in [1.807, 2.05) is 24.3 Å². The minimum atomic E-state index is 0.0223. The number of carbonyl (C=O) groups is 1. The van der Waals surface area contributed by atoms with Gasteiger partial charge in [-0.05, 0) is 37.2 Å². The number of carbonyl (C=O) groups excluding carboxylic acids is 1. The number of rotatable bonds is 8. The summed E-state index contributed by atoms with van der Waals surface area (Å²) in [6.07, 6.45) is 1.65. The minimum absolute atomic E-state index is 0.0223. The van der Waals surface area contributed by atoms with Crippen LogP contribution >= 0.6 is 12.2 Å². The SMILES string of the molecule is CCC(C)CN(C)CCC(=O)Nc1ccc(C(N)=S)cc1. The first-order valence-corrected chi connectivity index (χ1v) is 7.71. The molecule has 0 aliphatic heterocycles. The van der Waals surface area contributed by atoms with Gasteiger partial charge in [-0.25, -0.2) is 0 Å². The van der Waals surface area contributed by atoms with Gasteiger partial charge in [0.2, 0.25) is 5.91 Å². The van der Waals surface area contributed by atoms with Gasteiger partial charge in [0.15, 0.2) is 0 Å². The molecule has 3 N–H and O–H groups in total. The van der Waals surface area contributed by atoms with E-state index < -0.39 is 0 Å². The second kappa shape index (κ2) is 8.74. The first kappa shape index (κ1) is 17.6. The molecule has 0 aliphatic carbocycles. The van der Waals surface area contributed by atoms with Crippen molar-refractivity contribution in [3.05, 3.63) is 29.8 Å². The summed E-state index contributed by atoms with van der Waals surface area (Å²) >= 11 is 4.89. The Bertz CT molecular complexity index is 473. The highest BCUT2D eigenvalue weighted by Crippen LogP contribution is 2.10. The highest BCUT2D eigenvalue weighted by atomic mass is 32.1. The van der Waals surface area contributed by atoms with Gasteiger partial charge in [-0.3, -0.25) is 4.79 Å². The van der Waals surface area contributed by atoms with Crippen molar-refractivity contribution in [2.75, 3.05) is 25.5 Å². The van der Waals surface area contributed by atoms with Gasteiger partial charge in [-0.1, -0.05) is 32.5 Å². The van der Waals surface area contributed by atoms with Crippen molar-refractivity contribution in [1.82, 2.24) is 4.90 Å². The number of thiocarbonyl (C=S) groups is 1. The van der Waals surface area contributed by atoms with Crippen LogP contribution in [0, 0.1) is 5.92 Å². The van der Waals surface area contributed by atoms with Crippen LogP contribution in [0.5, 0.6) is 0 Å². The van der Waals surface area contributed by atoms with Gasteiger partial charge in [0.25, 0.3) is 0 Å². The highest BCUT2D eigenvalue weighted by Gasteiger charge is 2.08. The second-order valence-corrected chi connectivity index (χ2v) is 5.96. The summed E-state index contributed by atoms with van der Waals surface area (Å²) < 4.78 is 0. The fraction of sp³-hybridized carbons (Fsp3) is 0.500. The lowest BCUT2D eigenvalue weighted by molar-refractivity contribution is -0.116. The van der Waals surface area contributed by atoms with E-state index in [1.165, 1.54) is 0 Å². The minimum Gasteiger partial charge on any atom is -0.389 e. The molecule has 0 heterocycles. The summed E-state index contributed by atoms with van der Waals surface area (Å²) in [6, 6.07) is 7.25. The van der Waals surface area contributed by atoms with Crippen LogP contribution in [0.15, 0.2) is 24.3 Å². The third-order valence-corrected chi connectivity index (χ3v) is 3.73. The second-order valence-electron chi connectivity index (χ2n) is 5.52. The van der Waals surface area contributed by atoms with E-state index in [0.717, 1.165) is 30.8 Å². The van der Waals surface area contributed by atoms with Crippen molar-refractivity contribution >= 4 is 28.8 Å². The molecule has 1 aromatic rings. The number of hydrogen-bond acceptors (Lipinski definition) is 3. The molecule has 0 radical (unpaired) electrons. The highest BCUT2D eigenvalue weighted by molar-refractivity contribution is 7.80. The van der Waals surface area contributed by atoms with Crippen LogP contribution in [-0.4, -0.2) is 35.9 Å². The maximum Gasteiger partial charge on any atom is 0.225 e. The quantitative estimate of drug-likeness (QED) is 0.725. The lowest BCUT2D eigenvalue weighted by Crippen LogP contribution is -2.28. The zero-order valence-electron chi connectivity index (χ0n) is 13.1. The molecule has 0 bridgehead atoms. The van der Waals surface area contributed by atoms with Crippen molar-refractivity contribution in [3.63, 3.8) is 0 Å². The van der Waals surface area contributed by atoms with Crippen LogP contribution in [0.3, 0.4) is 0 Å². The van der Waals surface area contributed by atoms with Gasteiger partial charge in [-0.15, -0.1) is 0 Å². The molecule has 1 rings (SSSR count). The number of anilines is 1. The molecule has 0 fully saturated rings. The molecule has 1 unspecified atom stereocenters. The van der Waals surface area contributed by atoms with Gasteiger partial charge in [-0.2, -0.15) is 0 Å². The zero-order valence-corrected chi connectivity index (χ0v) is 13.9. The number of benzene rings is 1. The summed E-state index contributed by atoms with van der Waals surface area (Å²) in [7, 11) is 2.05. The smallest absolute Gasteiger partial charge is 0.225 e. The van der Waals surface area contributed by atoms with E-state index in [-0.39, 0.29) is 5.91 Å². The van der Waals surface area contributed by atoms with E-state index in [4.69, 9.17) is 18.0 Å². The number of hydrogen-bond donors (Lipinski definition) is 2. The number of nitrogens with one attached hydrogen (secondary N) is 1. The Kier molecular flexibility index (Phi) is 7.32. The van der Waals surface area contributed by atoms with Crippen molar-refractivity contribution in [2.24, 2.45) is 11.7 Å². The molecule has 0 spiro atoms. The van der Waals surface area contributed by atoms with Crippen LogP contribution < -0.4 is 11.1 Å². The summed E-state index contributed by atoms with van der Waals surface area (Å²) in [5.41, 5.74) is 7.11. The van der Waals surface area contributed by atoms with E-state index in [0.29, 0.717) is 17.3 Å².